The second-order valence-electron chi connectivity index (χ2n) is 6.52. The molecule has 2 aromatic carbocycles. The van der Waals surface area contributed by atoms with Crippen molar-refractivity contribution < 1.29 is 14.3 Å². The lowest BCUT2D eigenvalue weighted by atomic mass is 10.1. The number of methoxy groups -OCH3 is 1. The molecule has 1 amide bonds. The quantitative estimate of drug-likeness (QED) is 0.741. The van der Waals surface area contributed by atoms with Gasteiger partial charge in [-0.1, -0.05) is 29.8 Å². The number of aromatic nitrogens is 1. The lowest BCUT2D eigenvalue weighted by molar-refractivity contribution is 0.160. The number of nitrogens with one attached hydrogen (secondary N) is 1. The number of carbonyl (C=O) groups excluding carboxylic acids is 1. The van der Waals surface area contributed by atoms with Crippen LogP contribution in [-0.4, -0.2) is 42.9 Å². The molecule has 0 radical (unpaired) electrons. The van der Waals surface area contributed by atoms with Crippen LogP contribution in [0.25, 0.3) is 22.2 Å². The van der Waals surface area contributed by atoms with Crippen LogP contribution in [0, 0.1) is 6.92 Å². The van der Waals surface area contributed by atoms with Gasteiger partial charge in [-0.3, -0.25) is 4.90 Å². The highest BCUT2D eigenvalue weighted by Gasteiger charge is 2.21. The summed E-state index contributed by atoms with van der Waals surface area (Å²) >= 11 is 0. The smallest absolute Gasteiger partial charge is 0.411 e. The minimum Gasteiger partial charge on any atom is -0.497 e. The Hall–Kier alpha value is -3.28. The summed E-state index contributed by atoms with van der Waals surface area (Å²) in [7, 11) is 1.64. The third-order valence-corrected chi connectivity index (χ3v) is 4.67. The molecule has 0 aliphatic carbocycles. The van der Waals surface area contributed by atoms with Gasteiger partial charge in [0.1, 0.15) is 12.4 Å². The second kappa shape index (κ2) is 7.15. The first kappa shape index (κ1) is 17.1. The first-order chi connectivity index (χ1) is 13.1. The topological polar surface area (TPSA) is 63.7 Å². The zero-order valence-corrected chi connectivity index (χ0v) is 15.4. The van der Waals surface area contributed by atoms with Gasteiger partial charge >= 0.3 is 6.09 Å². The van der Waals surface area contributed by atoms with E-state index in [9.17, 15) is 4.79 Å². The van der Waals surface area contributed by atoms with Gasteiger partial charge in [-0.2, -0.15) is 0 Å². The summed E-state index contributed by atoms with van der Waals surface area (Å²) in [6.07, 6.45) is -0.290. The number of ether oxygens (including phenoxy) is 2. The van der Waals surface area contributed by atoms with Crippen LogP contribution in [0.5, 0.6) is 5.75 Å². The van der Waals surface area contributed by atoms with Gasteiger partial charge in [0.05, 0.1) is 31.5 Å². The molecule has 0 bridgehead atoms. The van der Waals surface area contributed by atoms with Crippen molar-refractivity contribution in [2.24, 2.45) is 0 Å². The number of amides is 1. The Kier molecular flexibility index (Phi) is 4.54. The average Bonchev–Trinajstić information content (AvgIpc) is 3.10. The van der Waals surface area contributed by atoms with E-state index in [2.05, 4.69) is 36.5 Å². The summed E-state index contributed by atoms with van der Waals surface area (Å²) in [5.41, 5.74) is 4.85. The number of rotatable bonds is 5. The number of pyridine rings is 1. The number of carbonyl (C=O) groups is 1. The van der Waals surface area contributed by atoms with Crippen molar-refractivity contribution >= 4 is 22.7 Å². The fraction of sp³-hybridized carbons (Fsp3) is 0.238. The summed E-state index contributed by atoms with van der Waals surface area (Å²) in [4.78, 5) is 18.2. The van der Waals surface area contributed by atoms with Gasteiger partial charge < -0.3 is 14.8 Å². The zero-order valence-electron chi connectivity index (χ0n) is 15.4. The van der Waals surface area contributed by atoms with E-state index >= 15 is 0 Å². The number of cyclic esters (lactones) is 1. The van der Waals surface area contributed by atoms with Crippen LogP contribution >= 0.6 is 0 Å². The Labute approximate surface area is 157 Å². The maximum atomic E-state index is 11.7. The number of nitrogens with zero attached hydrogens (tertiary/aromatic N) is 2. The fourth-order valence-electron chi connectivity index (χ4n) is 3.10. The van der Waals surface area contributed by atoms with Gasteiger partial charge in [0.2, 0.25) is 0 Å². The summed E-state index contributed by atoms with van der Waals surface area (Å²) < 4.78 is 10.3. The lowest BCUT2D eigenvalue weighted by Gasteiger charge is -2.17. The minimum absolute atomic E-state index is 0.290. The van der Waals surface area contributed by atoms with E-state index in [0.29, 0.717) is 19.8 Å². The highest BCUT2D eigenvalue weighted by atomic mass is 16.6. The molecule has 0 saturated carbocycles. The van der Waals surface area contributed by atoms with Crippen molar-refractivity contribution in [2.75, 3.05) is 32.2 Å². The van der Waals surface area contributed by atoms with E-state index in [0.717, 1.165) is 33.6 Å². The lowest BCUT2D eigenvalue weighted by Crippen LogP contribution is -2.30. The van der Waals surface area contributed by atoms with Gasteiger partial charge in [-0.25, -0.2) is 9.78 Å². The predicted molar refractivity (Wildman–Crippen MR) is 105 cm³/mol. The molecule has 6 nitrogen and oxygen atoms in total. The molecule has 0 atom stereocenters. The summed E-state index contributed by atoms with van der Waals surface area (Å²) in [6.45, 7) is 3.47. The Bertz CT molecular complexity index is 986. The Balaban J connectivity index is 1.74. The van der Waals surface area contributed by atoms with E-state index in [1.165, 1.54) is 5.56 Å². The normalized spacial score (nSPS) is 13.7. The number of aryl methyl sites for hydroxylation is 1. The summed E-state index contributed by atoms with van der Waals surface area (Å²) in [6, 6.07) is 16.1. The van der Waals surface area contributed by atoms with Crippen LogP contribution in [0.3, 0.4) is 0 Å². The van der Waals surface area contributed by atoms with Crippen LogP contribution in [0.4, 0.5) is 10.5 Å². The highest BCUT2D eigenvalue weighted by molar-refractivity contribution is 5.94. The molecule has 27 heavy (non-hydrogen) atoms. The number of fused-ring (bicyclic) bond motifs is 1. The van der Waals surface area contributed by atoms with E-state index in [1.807, 2.05) is 24.3 Å². The van der Waals surface area contributed by atoms with Gasteiger partial charge in [0.15, 0.2) is 0 Å². The van der Waals surface area contributed by atoms with Crippen LogP contribution in [0.15, 0.2) is 48.5 Å². The molecule has 1 fully saturated rings. The van der Waals surface area contributed by atoms with E-state index in [-0.39, 0.29) is 6.09 Å². The summed E-state index contributed by atoms with van der Waals surface area (Å²) in [5.74, 6) is 0.755. The predicted octanol–water partition coefficient (Wildman–Crippen LogP) is 4.04. The molecule has 1 aliphatic heterocycles. The van der Waals surface area contributed by atoms with Crippen molar-refractivity contribution in [3.8, 4) is 17.0 Å². The molecule has 1 aromatic heterocycles. The molecule has 4 rings (SSSR count). The first-order valence-electron chi connectivity index (χ1n) is 8.85. The maximum absolute atomic E-state index is 11.7. The van der Waals surface area contributed by atoms with Gasteiger partial charge in [-0.15, -0.1) is 0 Å². The Morgan fingerprint density at radius 2 is 2.00 bits per heavy atom. The number of hydrogen-bond acceptors (Lipinski definition) is 5. The van der Waals surface area contributed by atoms with Crippen molar-refractivity contribution in [3.05, 3.63) is 54.1 Å². The number of benzene rings is 2. The molecule has 138 valence electrons. The van der Waals surface area contributed by atoms with E-state index in [4.69, 9.17) is 14.5 Å². The van der Waals surface area contributed by atoms with Crippen molar-refractivity contribution in [1.29, 1.82) is 0 Å². The zero-order chi connectivity index (χ0) is 18.8. The highest BCUT2D eigenvalue weighted by Crippen LogP contribution is 2.31. The molecule has 3 aromatic rings. The van der Waals surface area contributed by atoms with Crippen molar-refractivity contribution in [3.63, 3.8) is 0 Å². The first-order valence-corrected chi connectivity index (χ1v) is 8.85. The molecule has 6 heteroatoms. The van der Waals surface area contributed by atoms with Gasteiger partial charge in [-0.05, 0) is 25.1 Å². The van der Waals surface area contributed by atoms with Crippen molar-refractivity contribution in [1.82, 2.24) is 9.88 Å². The average molecular weight is 363 g/mol. The third kappa shape index (κ3) is 3.51. The van der Waals surface area contributed by atoms with Crippen LogP contribution < -0.4 is 10.1 Å². The monoisotopic (exact) mass is 363 g/mol. The van der Waals surface area contributed by atoms with Crippen molar-refractivity contribution in [2.45, 2.75) is 6.92 Å². The molecule has 1 aliphatic rings. The molecule has 2 heterocycles. The number of hydrogen-bond donors (Lipinski definition) is 1. The van der Waals surface area contributed by atoms with E-state index in [1.54, 1.807) is 12.0 Å². The minimum atomic E-state index is -0.290. The summed E-state index contributed by atoms with van der Waals surface area (Å²) in [5, 5.41) is 4.33. The maximum Gasteiger partial charge on any atom is 0.411 e. The number of anilines is 1. The fourth-order valence-corrected chi connectivity index (χ4v) is 3.10. The Morgan fingerprint density at radius 3 is 2.70 bits per heavy atom. The van der Waals surface area contributed by atoms with Gasteiger partial charge in [0, 0.05) is 22.7 Å². The third-order valence-electron chi connectivity index (χ3n) is 4.67. The molecule has 0 spiro atoms. The van der Waals surface area contributed by atoms with Crippen LogP contribution in [0.2, 0.25) is 0 Å². The molecule has 1 N–H and O–H groups in total. The molecule has 0 unspecified atom stereocenters. The molecular weight excluding hydrogens is 342 g/mol. The second-order valence-corrected chi connectivity index (χ2v) is 6.52. The van der Waals surface area contributed by atoms with Crippen LogP contribution in [0.1, 0.15) is 5.56 Å². The van der Waals surface area contributed by atoms with Crippen LogP contribution in [-0.2, 0) is 4.74 Å². The SMILES string of the molecule is COc1ccc2c(NCN3CCOC3=O)cc(-c3ccc(C)cc3)nc2c1. The van der Waals surface area contributed by atoms with Gasteiger partial charge in [0.25, 0.3) is 0 Å². The Morgan fingerprint density at radius 1 is 1.19 bits per heavy atom. The standard InChI is InChI=1S/C21H21N3O3/c1-14-3-5-15(6-4-14)18-12-19(22-13-24-9-10-27-21(24)25)17-8-7-16(26-2)11-20(17)23-18/h3-8,11-12H,9-10,13H2,1-2H3,(H,22,23). The largest absolute Gasteiger partial charge is 0.497 e. The molecule has 1 saturated heterocycles. The molecular formula is C21H21N3O3. The van der Waals surface area contributed by atoms with E-state index < -0.39 is 0 Å².